The molecule has 0 aliphatic rings. The Labute approximate surface area is 159 Å². The molecule has 0 radical (unpaired) electrons. The van der Waals surface area contributed by atoms with Crippen LogP contribution in [0.25, 0.3) is 5.82 Å². The van der Waals surface area contributed by atoms with Crippen molar-refractivity contribution in [2.24, 2.45) is 5.73 Å². The van der Waals surface area contributed by atoms with Crippen molar-refractivity contribution in [1.82, 2.24) is 19.7 Å². The lowest BCUT2D eigenvalue weighted by Crippen LogP contribution is -2.30. The molecule has 1 atom stereocenters. The molecule has 0 fully saturated rings. The summed E-state index contributed by atoms with van der Waals surface area (Å²) in [6.07, 6.45) is 3.12. The molecule has 10 nitrogen and oxygen atoms in total. The van der Waals surface area contributed by atoms with E-state index in [0.29, 0.717) is 17.1 Å². The van der Waals surface area contributed by atoms with Crippen molar-refractivity contribution in [2.75, 3.05) is 5.32 Å². The number of anilines is 1. The molecule has 3 rings (SSSR count). The van der Waals surface area contributed by atoms with E-state index in [-0.39, 0.29) is 5.56 Å². The number of primary amides is 1. The van der Waals surface area contributed by atoms with Crippen molar-refractivity contribution >= 4 is 23.5 Å². The van der Waals surface area contributed by atoms with Crippen LogP contribution in [-0.2, 0) is 9.53 Å². The van der Waals surface area contributed by atoms with E-state index < -0.39 is 23.9 Å². The number of nitrogens with two attached hydrogens (primary N) is 1. The predicted octanol–water partition coefficient (Wildman–Crippen LogP) is 0.945. The highest BCUT2D eigenvalue weighted by atomic mass is 16.5. The molecule has 0 saturated carbocycles. The molecule has 0 aliphatic heterocycles. The molecule has 2 heterocycles. The molecule has 1 aromatic carbocycles. The van der Waals surface area contributed by atoms with Crippen molar-refractivity contribution in [3.63, 3.8) is 0 Å². The fourth-order valence-electron chi connectivity index (χ4n) is 2.21. The van der Waals surface area contributed by atoms with Crippen LogP contribution in [0, 0.1) is 0 Å². The Morgan fingerprint density at radius 2 is 1.82 bits per heavy atom. The zero-order valence-electron chi connectivity index (χ0n) is 14.8. The Morgan fingerprint density at radius 1 is 1.11 bits per heavy atom. The number of hydrogen-bond acceptors (Lipinski definition) is 7. The largest absolute Gasteiger partial charge is 0.449 e. The average Bonchev–Trinajstić information content (AvgIpc) is 3.23. The van der Waals surface area contributed by atoms with Crippen LogP contribution in [0.2, 0.25) is 0 Å². The molecule has 28 heavy (non-hydrogen) atoms. The zero-order chi connectivity index (χ0) is 20.1. The molecule has 0 bridgehead atoms. The van der Waals surface area contributed by atoms with Gasteiger partial charge in [-0.3, -0.25) is 9.59 Å². The highest BCUT2D eigenvalue weighted by Gasteiger charge is 2.19. The molecule has 2 aromatic heterocycles. The number of nitrogens with zero attached hydrogens (tertiary/aromatic N) is 4. The van der Waals surface area contributed by atoms with Crippen LogP contribution in [0.3, 0.4) is 0 Å². The van der Waals surface area contributed by atoms with Crippen molar-refractivity contribution in [3.05, 3.63) is 66.4 Å². The van der Waals surface area contributed by atoms with Gasteiger partial charge in [0.1, 0.15) is 12.7 Å². The van der Waals surface area contributed by atoms with Crippen molar-refractivity contribution in [1.29, 1.82) is 0 Å². The first-order valence-electron chi connectivity index (χ1n) is 8.17. The Morgan fingerprint density at radius 3 is 2.39 bits per heavy atom. The second-order valence-electron chi connectivity index (χ2n) is 5.72. The van der Waals surface area contributed by atoms with Crippen LogP contribution in [0.15, 0.2) is 55.2 Å². The van der Waals surface area contributed by atoms with Crippen LogP contribution in [0.4, 0.5) is 5.69 Å². The topological polar surface area (TPSA) is 142 Å². The standard InChI is InChI=1S/C18H16N6O4/c1-11(17(26)23-14-5-2-12(3-6-14)16(19)25)28-18(27)13-4-7-15(21-8-13)24-10-20-9-22-24/h2-11H,1H3,(H2,19,25)(H,23,26)/t11-/m1/s1. The highest BCUT2D eigenvalue weighted by Crippen LogP contribution is 2.11. The van der Waals surface area contributed by atoms with E-state index in [2.05, 4.69) is 20.4 Å². The molecule has 0 aliphatic carbocycles. The summed E-state index contributed by atoms with van der Waals surface area (Å²) < 4.78 is 6.60. The zero-order valence-corrected chi connectivity index (χ0v) is 14.8. The minimum absolute atomic E-state index is 0.189. The first kappa shape index (κ1) is 18.7. The second kappa shape index (κ2) is 8.08. The van der Waals surface area contributed by atoms with Gasteiger partial charge in [0.15, 0.2) is 11.9 Å². The molecule has 3 aromatic rings. The number of rotatable bonds is 6. The van der Waals surface area contributed by atoms with Gasteiger partial charge < -0.3 is 15.8 Å². The normalized spacial score (nSPS) is 11.5. The van der Waals surface area contributed by atoms with E-state index in [9.17, 15) is 14.4 Å². The third-order valence-electron chi connectivity index (χ3n) is 3.73. The highest BCUT2D eigenvalue weighted by molar-refractivity contribution is 5.98. The number of nitrogens with one attached hydrogen (secondary N) is 1. The Kier molecular flexibility index (Phi) is 5.40. The molecule has 2 amide bonds. The molecule has 0 unspecified atom stereocenters. The van der Waals surface area contributed by atoms with Crippen molar-refractivity contribution < 1.29 is 19.1 Å². The molecule has 10 heteroatoms. The van der Waals surface area contributed by atoms with Gasteiger partial charge in [0.05, 0.1) is 5.56 Å². The predicted molar refractivity (Wildman–Crippen MR) is 97.6 cm³/mol. The van der Waals surface area contributed by atoms with Gasteiger partial charge in [-0.25, -0.2) is 19.4 Å². The van der Waals surface area contributed by atoms with E-state index >= 15 is 0 Å². The number of aromatic nitrogens is 4. The lowest BCUT2D eigenvalue weighted by molar-refractivity contribution is -0.123. The van der Waals surface area contributed by atoms with Gasteiger partial charge in [0.2, 0.25) is 5.91 Å². The Bertz CT molecular complexity index is 984. The first-order valence-corrected chi connectivity index (χ1v) is 8.17. The minimum Gasteiger partial charge on any atom is -0.449 e. The quantitative estimate of drug-likeness (QED) is 0.606. The van der Waals surface area contributed by atoms with Gasteiger partial charge in [-0.2, -0.15) is 5.10 Å². The summed E-state index contributed by atoms with van der Waals surface area (Å²) in [7, 11) is 0. The van der Waals surface area contributed by atoms with Crippen LogP contribution < -0.4 is 11.1 Å². The number of amides is 2. The molecule has 3 N–H and O–H groups in total. The van der Waals surface area contributed by atoms with Gasteiger partial charge in [-0.1, -0.05) is 0 Å². The fraction of sp³-hybridized carbons (Fsp3) is 0.111. The maximum atomic E-state index is 12.2. The smallest absolute Gasteiger partial charge is 0.340 e. The van der Waals surface area contributed by atoms with E-state index in [1.54, 1.807) is 6.07 Å². The lowest BCUT2D eigenvalue weighted by Gasteiger charge is -2.13. The van der Waals surface area contributed by atoms with Gasteiger partial charge in [0, 0.05) is 17.4 Å². The van der Waals surface area contributed by atoms with E-state index in [4.69, 9.17) is 10.5 Å². The summed E-state index contributed by atoms with van der Waals surface area (Å²) in [4.78, 5) is 43.4. The third-order valence-corrected chi connectivity index (χ3v) is 3.73. The molecular weight excluding hydrogens is 364 g/mol. The van der Waals surface area contributed by atoms with E-state index in [1.165, 1.54) is 60.8 Å². The van der Waals surface area contributed by atoms with Gasteiger partial charge in [-0.15, -0.1) is 0 Å². The van der Waals surface area contributed by atoms with Crippen molar-refractivity contribution in [3.8, 4) is 5.82 Å². The summed E-state index contributed by atoms with van der Waals surface area (Å²) >= 11 is 0. The monoisotopic (exact) mass is 380 g/mol. The number of benzene rings is 1. The summed E-state index contributed by atoms with van der Waals surface area (Å²) in [6.45, 7) is 1.45. The lowest BCUT2D eigenvalue weighted by atomic mass is 10.2. The van der Waals surface area contributed by atoms with Gasteiger partial charge >= 0.3 is 5.97 Å². The Hall–Kier alpha value is -4.08. The molecule has 0 spiro atoms. The van der Waals surface area contributed by atoms with Gasteiger partial charge in [-0.05, 0) is 43.3 Å². The SMILES string of the molecule is C[C@@H](OC(=O)c1ccc(-n2cncn2)nc1)C(=O)Nc1ccc(C(N)=O)cc1. The minimum atomic E-state index is -1.04. The van der Waals surface area contributed by atoms with Crippen LogP contribution in [0.5, 0.6) is 0 Å². The van der Waals surface area contributed by atoms with Crippen LogP contribution in [0.1, 0.15) is 27.6 Å². The average molecular weight is 380 g/mol. The summed E-state index contributed by atoms with van der Waals surface area (Å²) in [5.74, 6) is -1.29. The van der Waals surface area contributed by atoms with Crippen LogP contribution >= 0.6 is 0 Å². The van der Waals surface area contributed by atoms with Gasteiger partial charge in [0.25, 0.3) is 5.91 Å². The maximum Gasteiger partial charge on any atom is 0.340 e. The molecular formula is C18H16N6O4. The van der Waals surface area contributed by atoms with E-state index in [0.717, 1.165) is 0 Å². The number of pyridine rings is 1. The number of carbonyl (C=O) groups is 3. The number of hydrogen-bond donors (Lipinski definition) is 2. The van der Waals surface area contributed by atoms with E-state index in [1.807, 2.05) is 0 Å². The summed E-state index contributed by atoms with van der Waals surface area (Å²) in [6, 6.07) is 9.11. The fourth-order valence-corrected chi connectivity index (χ4v) is 2.21. The Balaban J connectivity index is 1.58. The summed E-state index contributed by atoms with van der Waals surface area (Å²) in [5, 5.41) is 6.53. The molecule has 142 valence electrons. The number of carbonyl (C=O) groups excluding carboxylic acids is 3. The number of ether oxygens (including phenoxy) is 1. The summed E-state index contributed by atoms with van der Waals surface area (Å²) in [5.41, 5.74) is 6.11. The first-order chi connectivity index (χ1) is 13.4. The second-order valence-corrected chi connectivity index (χ2v) is 5.72. The molecule has 0 saturated heterocycles. The van der Waals surface area contributed by atoms with Crippen LogP contribution in [-0.4, -0.2) is 43.6 Å². The maximum absolute atomic E-state index is 12.2. The number of esters is 1. The van der Waals surface area contributed by atoms with Crippen molar-refractivity contribution in [2.45, 2.75) is 13.0 Å². The third kappa shape index (κ3) is 4.36.